The van der Waals surface area contributed by atoms with Crippen LogP contribution >= 0.6 is 0 Å². The number of carbonyl (C=O) groups is 2. The molecule has 1 aromatic rings. The number of aliphatic hydroxyl groups excluding tert-OH is 1. The van der Waals surface area contributed by atoms with Crippen LogP contribution in [0, 0.1) is 0 Å². The Morgan fingerprint density at radius 2 is 1.74 bits per heavy atom. The number of nitrogens with zero attached hydrogens (tertiary/aromatic N) is 1. The maximum atomic E-state index is 12.8. The number of morpholine rings is 1. The van der Waals surface area contributed by atoms with Crippen molar-refractivity contribution < 1.29 is 24.5 Å². The van der Waals surface area contributed by atoms with E-state index < -0.39 is 18.6 Å². The quantitative estimate of drug-likeness (QED) is 0.519. The van der Waals surface area contributed by atoms with Gasteiger partial charge in [-0.05, 0) is 36.6 Å². The van der Waals surface area contributed by atoms with Gasteiger partial charge < -0.3 is 25.6 Å². The molecule has 0 bridgehead atoms. The molecule has 0 aromatic heterocycles. The SMILES string of the molecule is O=C(NC(CO)C(=O)NC1CCCCCCC1)c1cc(O)cc(CN2CCOCC2)c1. The predicted octanol–water partition coefficient (Wildman–Crippen LogP) is 1.54. The van der Waals surface area contributed by atoms with Gasteiger partial charge in [0.2, 0.25) is 5.91 Å². The van der Waals surface area contributed by atoms with Crippen LogP contribution in [-0.2, 0) is 16.1 Å². The Hall–Kier alpha value is -2.16. The van der Waals surface area contributed by atoms with E-state index in [1.807, 2.05) is 0 Å². The van der Waals surface area contributed by atoms with E-state index in [2.05, 4.69) is 15.5 Å². The smallest absolute Gasteiger partial charge is 0.252 e. The summed E-state index contributed by atoms with van der Waals surface area (Å²) in [4.78, 5) is 27.6. The zero-order valence-corrected chi connectivity index (χ0v) is 18.1. The Kier molecular flexibility index (Phi) is 9.12. The lowest BCUT2D eigenvalue weighted by atomic mass is 9.96. The minimum absolute atomic E-state index is 0.00423. The molecule has 31 heavy (non-hydrogen) atoms. The Morgan fingerprint density at radius 1 is 1.06 bits per heavy atom. The van der Waals surface area contributed by atoms with Gasteiger partial charge in [0.05, 0.1) is 19.8 Å². The minimum atomic E-state index is -1.03. The molecule has 1 saturated carbocycles. The number of nitrogens with one attached hydrogen (secondary N) is 2. The van der Waals surface area contributed by atoms with Gasteiger partial charge >= 0.3 is 0 Å². The second-order valence-electron chi connectivity index (χ2n) is 8.54. The van der Waals surface area contributed by atoms with Crippen molar-refractivity contribution in [2.24, 2.45) is 0 Å². The standard InChI is InChI=1S/C23H35N3O5/c27-16-21(23(30)24-19-6-4-2-1-3-5-7-19)25-22(29)18-12-17(13-20(28)14-18)15-26-8-10-31-11-9-26/h12-14,19,21,27-28H,1-11,15-16H2,(H,24,30)(H,25,29). The molecule has 1 aliphatic heterocycles. The topological polar surface area (TPSA) is 111 Å². The van der Waals surface area contributed by atoms with Gasteiger partial charge in [0.15, 0.2) is 0 Å². The fourth-order valence-corrected chi connectivity index (χ4v) is 4.25. The van der Waals surface area contributed by atoms with E-state index in [4.69, 9.17) is 4.74 Å². The summed E-state index contributed by atoms with van der Waals surface area (Å²) in [5.41, 5.74) is 1.08. The maximum Gasteiger partial charge on any atom is 0.252 e. The molecule has 3 rings (SSSR count). The number of aliphatic hydroxyl groups is 1. The molecule has 2 aliphatic rings. The largest absolute Gasteiger partial charge is 0.508 e. The number of benzene rings is 1. The molecular formula is C23H35N3O5. The summed E-state index contributed by atoms with van der Waals surface area (Å²) in [7, 11) is 0. The zero-order valence-electron chi connectivity index (χ0n) is 18.1. The molecule has 8 heteroatoms. The van der Waals surface area contributed by atoms with Crippen molar-refractivity contribution in [3.63, 3.8) is 0 Å². The van der Waals surface area contributed by atoms with Gasteiger partial charge in [-0.25, -0.2) is 0 Å². The zero-order chi connectivity index (χ0) is 22.1. The minimum Gasteiger partial charge on any atom is -0.508 e. The third-order valence-electron chi connectivity index (χ3n) is 6.01. The van der Waals surface area contributed by atoms with E-state index >= 15 is 0 Å². The first-order chi connectivity index (χ1) is 15.0. The van der Waals surface area contributed by atoms with E-state index in [1.54, 1.807) is 12.1 Å². The van der Waals surface area contributed by atoms with Crippen molar-refractivity contribution >= 4 is 11.8 Å². The number of aromatic hydroxyl groups is 1. The highest BCUT2D eigenvalue weighted by molar-refractivity contribution is 5.98. The van der Waals surface area contributed by atoms with Crippen molar-refractivity contribution in [2.45, 2.75) is 63.6 Å². The van der Waals surface area contributed by atoms with E-state index in [0.29, 0.717) is 19.8 Å². The van der Waals surface area contributed by atoms with E-state index in [0.717, 1.165) is 44.3 Å². The summed E-state index contributed by atoms with van der Waals surface area (Å²) < 4.78 is 5.35. The lowest BCUT2D eigenvalue weighted by molar-refractivity contribution is -0.124. The summed E-state index contributed by atoms with van der Waals surface area (Å²) in [6, 6.07) is 3.78. The van der Waals surface area contributed by atoms with Gasteiger partial charge in [0, 0.05) is 31.2 Å². The molecule has 1 saturated heterocycles. The predicted molar refractivity (Wildman–Crippen MR) is 117 cm³/mol. The number of hydrogen-bond donors (Lipinski definition) is 4. The van der Waals surface area contributed by atoms with Crippen LogP contribution < -0.4 is 10.6 Å². The fourth-order valence-electron chi connectivity index (χ4n) is 4.25. The van der Waals surface area contributed by atoms with Crippen LogP contribution in [0.3, 0.4) is 0 Å². The monoisotopic (exact) mass is 433 g/mol. The van der Waals surface area contributed by atoms with Crippen LogP contribution in [0.1, 0.15) is 60.9 Å². The van der Waals surface area contributed by atoms with Crippen LogP contribution in [-0.4, -0.2) is 71.9 Å². The molecule has 8 nitrogen and oxygen atoms in total. The molecule has 4 N–H and O–H groups in total. The van der Waals surface area contributed by atoms with E-state index in [-0.39, 0.29) is 23.3 Å². The highest BCUT2D eigenvalue weighted by Crippen LogP contribution is 2.19. The first kappa shape index (κ1) is 23.5. The molecular weight excluding hydrogens is 398 g/mol. The molecule has 1 aromatic carbocycles. The number of rotatable bonds is 7. The molecule has 1 atom stereocenters. The summed E-state index contributed by atoms with van der Waals surface area (Å²) in [5.74, 6) is -0.864. The van der Waals surface area contributed by atoms with Crippen molar-refractivity contribution in [1.82, 2.24) is 15.5 Å². The second-order valence-corrected chi connectivity index (χ2v) is 8.54. The van der Waals surface area contributed by atoms with Crippen molar-refractivity contribution in [2.75, 3.05) is 32.9 Å². The maximum absolute atomic E-state index is 12.8. The van der Waals surface area contributed by atoms with Gasteiger partial charge in [0.1, 0.15) is 11.8 Å². The normalized spacial score (nSPS) is 19.8. The third kappa shape index (κ3) is 7.48. The third-order valence-corrected chi connectivity index (χ3v) is 6.01. The fraction of sp³-hybridized carbons (Fsp3) is 0.652. The van der Waals surface area contributed by atoms with Crippen LogP contribution in [0.4, 0.5) is 0 Å². The van der Waals surface area contributed by atoms with Gasteiger partial charge in [-0.15, -0.1) is 0 Å². The Bertz CT molecular complexity index is 728. The van der Waals surface area contributed by atoms with Gasteiger partial charge in [-0.1, -0.05) is 32.1 Å². The van der Waals surface area contributed by atoms with Crippen LogP contribution in [0.5, 0.6) is 5.75 Å². The van der Waals surface area contributed by atoms with Crippen LogP contribution in [0.25, 0.3) is 0 Å². The first-order valence-electron chi connectivity index (χ1n) is 11.4. The van der Waals surface area contributed by atoms with Gasteiger partial charge in [-0.2, -0.15) is 0 Å². The number of amides is 2. The van der Waals surface area contributed by atoms with Crippen molar-refractivity contribution in [1.29, 1.82) is 0 Å². The Labute approximate surface area is 184 Å². The number of phenolic OH excluding ortho intramolecular Hbond substituents is 1. The number of phenols is 1. The van der Waals surface area contributed by atoms with E-state index in [1.165, 1.54) is 25.3 Å². The molecule has 2 fully saturated rings. The molecule has 2 amide bonds. The van der Waals surface area contributed by atoms with E-state index in [9.17, 15) is 19.8 Å². The average molecular weight is 434 g/mol. The van der Waals surface area contributed by atoms with Crippen LogP contribution in [0.2, 0.25) is 0 Å². The summed E-state index contributed by atoms with van der Waals surface area (Å²) in [6.45, 7) is 3.05. The van der Waals surface area contributed by atoms with Gasteiger partial charge in [0.25, 0.3) is 5.91 Å². The molecule has 1 heterocycles. The summed E-state index contributed by atoms with van der Waals surface area (Å²) in [5, 5.41) is 25.4. The Balaban J connectivity index is 1.59. The van der Waals surface area contributed by atoms with Crippen molar-refractivity contribution in [3.05, 3.63) is 29.3 Å². The first-order valence-corrected chi connectivity index (χ1v) is 11.4. The molecule has 0 spiro atoms. The van der Waals surface area contributed by atoms with Crippen molar-refractivity contribution in [3.8, 4) is 5.75 Å². The van der Waals surface area contributed by atoms with Crippen LogP contribution in [0.15, 0.2) is 18.2 Å². The number of ether oxygens (including phenoxy) is 1. The number of hydrogen-bond acceptors (Lipinski definition) is 6. The second kappa shape index (κ2) is 12.0. The molecule has 1 aliphatic carbocycles. The lowest BCUT2D eigenvalue weighted by Crippen LogP contribution is -2.51. The highest BCUT2D eigenvalue weighted by atomic mass is 16.5. The average Bonchev–Trinajstić information content (AvgIpc) is 2.73. The molecule has 0 radical (unpaired) electrons. The summed E-state index contributed by atoms with van der Waals surface area (Å²) >= 11 is 0. The number of carbonyl (C=O) groups excluding carboxylic acids is 2. The highest BCUT2D eigenvalue weighted by Gasteiger charge is 2.24. The molecule has 1 unspecified atom stereocenters. The lowest BCUT2D eigenvalue weighted by Gasteiger charge is -2.26. The summed E-state index contributed by atoms with van der Waals surface area (Å²) in [6.07, 6.45) is 7.61. The Morgan fingerprint density at radius 3 is 2.42 bits per heavy atom. The van der Waals surface area contributed by atoms with Gasteiger partial charge in [-0.3, -0.25) is 14.5 Å². The molecule has 172 valence electrons.